The van der Waals surface area contributed by atoms with Crippen LogP contribution in [0.25, 0.3) is 0 Å². The van der Waals surface area contributed by atoms with Crippen molar-refractivity contribution in [2.75, 3.05) is 18.8 Å². The van der Waals surface area contributed by atoms with E-state index in [4.69, 9.17) is 11.5 Å². The molecule has 0 bridgehead atoms. The second-order valence-electron chi connectivity index (χ2n) is 4.29. The molecule has 1 aromatic rings. The lowest BCUT2D eigenvalue weighted by Gasteiger charge is -2.21. The molecule has 5 N–H and O–H groups in total. The van der Waals surface area contributed by atoms with Gasteiger partial charge in [-0.3, -0.25) is 9.59 Å². The summed E-state index contributed by atoms with van der Waals surface area (Å²) in [6.07, 6.45) is 1.63. The van der Waals surface area contributed by atoms with Gasteiger partial charge in [0.25, 0.3) is 5.91 Å². The Labute approximate surface area is 112 Å². The lowest BCUT2D eigenvalue weighted by atomic mass is 10.1. The minimum absolute atomic E-state index is 0.0809. The number of rotatable bonds is 6. The quantitative estimate of drug-likeness (QED) is 0.519. The summed E-state index contributed by atoms with van der Waals surface area (Å²) in [7, 11) is 0. The fourth-order valence-electron chi connectivity index (χ4n) is 1.69. The van der Waals surface area contributed by atoms with Crippen LogP contribution in [0.3, 0.4) is 0 Å². The van der Waals surface area contributed by atoms with Crippen molar-refractivity contribution in [2.45, 2.75) is 19.8 Å². The molecule has 2 amide bonds. The molecule has 19 heavy (non-hydrogen) atoms. The largest absolute Gasteiger partial charge is 0.505 e. The summed E-state index contributed by atoms with van der Waals surface area (Å²) in [4.78, 5) is 24.6. The molecule has 0 fully saturated rings. The Morgan fingerprint density at radius 3 is 2.63 bits per heavy atom. The number of nitrogen functional groups attached to an aromatic ring is 1. The molecule has 0 saturated carbocycles. The number of para-hydroxylation sites is 1. The number of benzene rings is 1. The maximum atomic E-state index is 12.3. The molecule has 0 aliphatic carbocycles. The van der Waals surface area contributed by atoms with Crippen molar-refractivity contribution < 1.29 is 14.7 Å². The zero-order chi connectivity index (χ0) is 14.4. The Kier molecular flexibility index (Phi) is 5.17. The van der Waals surface area contributed by atoms with E-state index in [1.54, 1.807) is 6.07 Å². The number of amides is 2. The van der Waals surface area contributed by atoms with Gasteiger partial charge in [0.2, 0.25) is 5.91 Å². The molecule has 0 aliphatic rings. The van der Waals surface area contributed by atoms with Crippen LogP contribution in [0.1, 0.15) is 30.1 Å². The highest BCUT2D eigenvalue weighted by atomic mass is 16.3. The standard InChI is InChI=1S/C13H19N3O3/c1-2-3-7-16(8-11(15)17)13(19)9-5-4-6-10(14)12(9)18/h4-6,18H,2-3,7-8,14H2,1H3,(H2,15,17). The van der Waals surface area contributed by atoms with Crippen LogP contribution in [-0.2, 0) is 4.79 Å². The van der Waals surface area contributed by atoms with Crippen molar-refractivity contribution in [3.63, 3.8) is 0 Å². The molecular weight excluding hydrogens is 246 g/mol. The van der Waals surface area contributed by atoms with Gasteiger partial charge in [0, 0.05) is 6.54 Å². The molecule has 0 spiro atoms. The van der Waals surface area contributed by atoms with Crippen molar-refractivity contribution in [1.29, 1.82) is 0 Å². The second-order valence-corrected chi connectivity index (χ2v) is 4.29. The average molecular weight is 265 g/mol. The highest BCUT2D eigenvalue weighted by Crippen LogP contribution is 2.25. The SMILES string of the molecule is CCCCN(CC(N)=O)C(=O)c1cccc(N)c1O. The maximum Gasteiger partial charge on any atom is 0.258 e. The van der Waals surface area contributed by atoms with E-state index in [9.17, 15) is 14.7 Å². The maximum absolute atomic E-state index is 12.3. The van der Waals surface area contributed by atoms with Gasteiger partial charge in [-0.25, -0.2) is 0 Å². The molecule has 104 valence electrons. The third-order valence-electron chi connectivity index (χ3n) is 2.71. The van der Waals surface area contributed by atoms with Gasteiger partial charge in [-0.2, -0.15) is 0 Å². The molecule has 6 heteroatoms. The average Bonchev–Trinajstić information content (AvgIpc) is 2.36. The summed E-state index contributed by atoms with van der Waals surface area (Å²) in [5.74, 6) is -1.30. The summed E-state index contributed by atoms with van der Waals surface area (Å²) < 4.78 is 0. The Morgan fingerprint density at radius 1 is 1.37 bits per heavy atom. The van der Waals surface area contributed by atoms with Crippen LogP contribution >= 0.6 is 0 Å². The first-order chi connectivity index (χ1) is 8.97. The zero-order valence-corrected chi connectivity index (χ0v) is 10.9. The second kappa shape index (κ2) is 6.63. The number of primary amides is 1. The normalized spacial score (nSPS) is 10.2. The Hall–Kier alpha value is -2.24. The van der Waals surface area contributed by atoms with Crippen molar-refractivity contribution in [3.8, 4) is 5.75 Å². The van der Waals surface area contributed by atoms with Crippen LogP contribution in [0.5, 0.6) is 5.75 Å². The summed E-state index contributed by atoms with van der Waals surface area (Å²) in [6, 6.07) is 4.54. The summed E-state index contributed by atoms with van der Waals surface area (Å²) in [5.41, 5.74) is 10.9. The minimum atomic E-state index is -0.590. The Bertz CT molecular complexity index is 474. The van der Waals surface area contributed by atoms with Crippen molar-refractivity contribution in [1.82, 2.24) is 4.90 Å². The molecule has 6 nitrogen and oxygen atoms in total. The van der Waals surface area contributed by atoms with Gasteiger partial charge in [0.05, 0.1) is 17.8 Å². The van der Waals surface area contributed by atoms with Crippen LogP contribution < -0.4 is 11.5 Å². The van der Waals surface area contributed by atoms with Crippen LogP contribution in [0.4, 0.5) is 5.69 Å². The number of phenols is 1. The molecular formula is C13H19N3O3. The molecule has 0 aliphatic heterocycles. The van der Waals surface area contributed by atoms with E-state index in [0.29, 0.717) is 6.54 Å². The Morgan fingerprint density at radius 2 is 2.05 bits per heavy atom. The first-order valence-electron chi connectivity index (χ1n) is 6.12. The number of nitrogens with zero attached hydrogens (tertiary/aromatic N) is 1. The highest BCUT2D eigenvalue weighted by Gasteiger charge is 2.20. The van der Waals surface area contributed by atoms with Gasteiger partial charge < -0.3 is 21.5 Å². The van der Waals surface area contributed by atoms with Gasteiger partial charge >= 0.3 is 0 Å². The number of phenolic OH excluding ortho intramolecular Hbond substituents is 1. The number of aromatic hydroxyl groups is 1. The third-order valence-corrected chi connectivity index (χ3v) is 2.71. The van der Waals surface area contributed by atoms with Gasteiger partial charge in [-0.1, -0.05) is 19.4 Å². The molecule has 0 radical (unpaired) electrons. The van der Waals surface area contributed by atoms with Gasteiger partial charge in [-0.15, -0.1) is 0 Å². The fourth-order valence-corrected chi connectivity index (χ4v) is 1.69. The lowest BCUT2D eigenvalue weighted by Crippen LogP contribution is -2.39. The zero-order valence-electron chi connectivity index (χ0n) is 10.9. The monoisotopic (exact) mass is 265 g/mol. The number of carbonyl (C=O) groups excluding carboxylic acids is 2. The first-order valence-corrected chi connectivity index (χ1v) is 6.12. The van der Waals surface area contributed by atoms with Crippen molar-refractivity contribution >= 4 is 17.5 Å². The van der Waals surface area contributed by atoms with Gasteiger partial charge in [-0.05, 0) is 18.6 Å². The van der Waals surface area contributed by atoms with Crippen molar-refractivity contribution in [2.24, 2.45) is 5.73 Å². The number of carbonyl (C=O) groups is 2. The van der Waals surface area contributed by atoms with E-state index in [0.717, 1.165) is 12.8 Å². The van der Waals surface area contributed by atoms with E-state index >= 15 is 0 Å². The molecule has 1 aromatic carbocycles. The first kappa shape index (κ1) is 14.8. The number of unbranched alkanes of at least 4 members (excludes halogenated alkanes) is 1. The molecule has 0 aromatic heterocycles. The predicted molar refractivity (Wildman–Crippen MR) is 72.5 cm³/mol. The highest BCUT2D eigenvalue weighted by molar-refractivity contribution is 6.00. The van der Waals surface area contributed by atoms with Crippen LogP contribution in [-0.4, -0.2) is 34.9 Å². The third kappa shape index (κ3) is 3.87. The smallest absolute Gasteiger partial charge is 0.258 e. The van der Waals surface area contributed by atoms with E-state index < -0.39 is 11.8 Å². The van der Waals surface area contributed by atoms with Crippen LogP contribution in [0.2, 0.25) is 0 Å². The van der Waals surface area contributed by atoms with E-state index in [2.05, 4.69) is 0 Å². The summed E-state index contributed by atoms with van der Waals surface area (Å²) in [6.45, 7) is 2.21. The molecule has 1 rings (SSSR count). The van der Waals surface area contributed by atoms with Crippen LogP contribution in [0.15, 0.2) is 18.2 Å². The number of hydrogen-bond donors (Lipinski definition) is 3. The number of anilines is 1. The summed E-state index contributed by atoms with van der Waals surface area (Å²) in [5, 5.41) is 9.79. The molecule has 0 heterocycles. The molecule has 0 saturated heterocycles. The predicted octanol–water partition coefficient (Wildman–Crippen LogP) is 0.702. The molecule has 0 unspecified atom stereocenters. The lowest BCUT2D eigenvalue weighted by molar-refractivity contribution is -0.118. The topological polar surface area (TPSA) is 110 Å². The van der Waals surface area contributed by atoms with Crippen LogP contribution in [0, 0.1) is 0 Å². The number of hydrogen-bond acceptors (Lipinski definition) is 4. The van der Waals surface area contributed by atoms with E-state index in [-0.39, 0.29) is 23.5 Å². The number of nitrogens with two attached hydrogens (primary N) is 2. The fraction of sp³-hybridized carbons (Fsp3) is 0.385. The summed E-state index contributed by atoms with van der Waals surface area (Å²) >= 11 is 0. The van der Waals surface area contributed by atoms with E-state index in [1.165, 1.54) is 17.0 Å². The van der Waals surface area contributed by atoms with Crippen molar-refractivity contribution in [3.05, 3.63) is 23.8 Å². The minimum Gasteiger partial charge on any atom is -0.505 e. The molecule has 0 atom stereocenters. The van der Waals surface area contributed by atoms with Gasteiger partial charge in [0.15, 0.2) is 5.75 Å². The van der Waals surface area contributed by atoms with Gasteiger partial charge in [0.1, 0.15) is 0 Å². The Balaban J connectivity index is 2.97. The van der Waals surface area contributed by atoms with E-state index in [1.807, 2.05) is 6.92 Å².